The van der Waals surface area contributed by atoms with Crippen molar-refractivity contribution >= 4 is 21.6 Å². The van der Waals surface area contributed by atoms with E-state index in [1.54, 1.807) is 16.9 Å². The molecular weight excluding hydrogens is 376 g/mol. The number of fused-ring (bicyclic) bond motifs is 3. The molecule has 0 saturated heterocycles. The summed E-state index contributed by atoms with van der Waals surface area (Å²) >= 11 is 0. The van der Waals surface area contributed by atoms with Crippen LogP contribution in [0.25, 0.3) is 0 Å². The van der Waals surface area contributed by atoms with Gasteiger partial charge in [-0.25, -0.2) is 14.1 Å². The van der Waals surface area contributed by atoms with Gasteiger partial charge in [-0.3, -0.25) is 9.67 Å². The van der Waals surface area contributed by atoms with Crippen molar-refractivity contribution in [1.29, 1.82) is 0 Å². The molecule has 8 nitrogen and oxygen atoms in total. The molecule has 3 N–H and O–H groups in total. The number of nitrogens with one attached hydrogen (secondary N) is 1. The SMILES string of the molecule is CCn1ccc([S@](N)(=O)=NC(=O)Nc2c3c(nc4c2CCC42CC2)CCC3)n1. The van der Waals surface area contributed by atoms with Crippen LogP contribution in [-0.4, -0.2) is 25.0 Å². The molecule has 1 atom stereocenters. The fourth-order valence-electron chi connectivity index (χ4n) is 4.55. The Hall–Kier alpha value is -2.26. The van der Waals surface area contributed by atoms with Crippen molar-refractivity contribution in [2.75, 3.05) is 5.32 Å². The van der Waals surface area contributed by atoms with Crippen molar-refractivity contribution in [3.05, 3.63) is 34.8 Å². The van der Waals surface area contributed by atoms with Crippen LogP contribution in [0.3, 0.4) is 0 Å². The van der Waals surface area contributed by atoms with Crippen LogP contribution in [0.2, 0.25) is 0 Å². The maximum atomic E-state index is 12.8. The van der Waals surface area contributed by atoms with Gasteiger partial charge in [0.15, 0.2) is 14.9 Å². The van der Waals surface area contributed by atoms with Crippen LogP contribution >= 0.6 is 0 Å². The largest absolute Gasteiger partial charge is 0.354 e. The van der Waals surface area contributed by atoms with Crippen LogP contribution in [0.15, 0.2) is 21.7 Å². The molecule has 2 heterocycles. The van der Waals surface area contributed by atoms with Gasteiger partial charge in [-0.15, -0.1) is 4.36 Å². The van der Waals surface area contributed by atoms with Gasteiger partial charge in [0.05, 0.1) is 11.4 Å². The molecule has 2 aromatic heterocycles. The molecule has 3 aliphatic carbocycles. The van der Waals surface area contributed by atoms with Gasteiger partial charge < -0.3 is 5.32 Å². The molecule has 2 aromatic rings. The molecule has 148 valence electrons. The molecule has 1 fully saturated rings. The summed E-state index contributed by atoms with van der Waals surface area (Å²) in [4.78, 5) is 17.6. The van der Waals surface area contributed by atoms with E-state index in [1.807, 2.05) is 6.92 Å². The third kappa shape index (κ3) is 2.76. The lowest BCUT2D eigenvalue weighted by atomic mass is 10.0. The summed E-state index contributed by atoms with van der Waals surface area (Å²) in [6, 6.07) is 0.860. The molecule has 0 bridgehead atoms. The Morgan fingerprint density at radius 3 is 2.86 bits per heavy atom. The first-order valence-corrected chi connectivity index (χ1v) is 11.4. The lowest BCUT2D eigenvalue weighted by molar-refractivity contribution is 0.260. The Labute approximate surface area is 164 Å². The molecular formula is C19H24N6O2S. The Balaban J connectivity index is 1.50. The quantitative estimate of drug-likeness (QED) is 0.824. The van der Waals surface area contributed by atoms with Gasteiger partial charge in [0.1, 0.15) is 0 Å². The average molecular weight is 401 g/mol. The van der Waals surface area contributed by atoms with E-state index < -0.39 is 15.9 Å². The Morgan fingerprint density at radius 2 is 2.14 bits per heavy atom. The molecule has 28 heavy (non-hydrogen) atoms. The summed E-state index contributed by atoms with van der Waals surface area (Å²) in [7, 11) is -3.39. The Bertz CT molecular complexity index is 1110. The van der Waals surface area contributed by atoms with Crippen LogP contribution in [0, 0.1) is 0 Å². The highest BCUT2D eigenvalue weighted by molar-refractivity contribution is 7.91. The molecule has 3 aliphatic rings. The minimum absolute atomic E-state index is 0.117. The topological polar surface area (TPSA) is 115 Å². The first-order chi connectivity index (χ1) is 13.4. The molecule has 9 heteroatoms. The van der Waals surface area contributed by atoms with Crippen molar-refractivity contribution < 1.29 is 9.00 Å². The minimum Gasteiger partial charge on any atom is -0.305 e. The van der Waals surface area contributed by atoms with E-state index in [0.29, 0.717) is 6.54 Å². The fourth-order valence-corrected chi connectivity index (χ4v) is 5.41. The molecule has 0 unspecified atom stereocenters. The number of nitrogens with two attached hydrogens (primary N) is 1. The second-order valence-electron chi connectivity index (χ2n) is 7.97. The zero-order valence-corrected chi connectivity index (χ0v) is 16.7. The zero-order chi connectivity index (χ0) is 19.5. The number of aryl methyl sites for hydroxylation is 2. The number of carbonyl (C=O) groups is 1. The lowest BCUT2D eigenvalue weighted by Crippen LogP contribution is -2.20. The number of pyridine rings is 1. The minimum atomic E-state index is -3.39. The van der Waals surface area contributed by atoms with E-state index in [0.717, 1.165) is 54.6 Å². The number of anilines is 1. The highest BCUT2D eigenvalue weighted by Crippen LogP contribution is 2.58. The zero-order valence-electron chi connectivity index (χ0n) is 15.9. The predicted octanol–water partition coefficient (Wildman–Crippen LogP) is 2.70. The smallest absolute Gasteiger partial charge is 0.305 e. The summed E-state index contributed by atoms with van der Waals surface area (Å²) in [6.45, 7) is 2.54. The van der Waals surface area contributed by atoms with Gasteiger partial charge in [0, 0.05) is 23.9 Å². The molecule has 0 aromatic carbocycles. The number of hydrogen-bond donors (Lipinski definition) is 2. The number of aromatic nitrogens is 3. The van der Waals surface area contributed by atoms with Crippen molar-refractivity contribution in [1.82, 2.24) is 14.8 Å². The molecule has 2 amide bonds. The third-order valence-corrected chi connectivity index (χ3v) is 7.48. The van der Waals surface area contributed by atoms with E-state index in [9.17, 15) is 9.00 Å². The Morgan fingerprint density at radius 1 is 1.32 bits per heavy atom. The number of nitrogens with zero attached hydrogens (tertiary/aromatic N) is 4. The van der Waals surface area contributed by atoms with E-state index in [1.165, 1.54) is 18.5 Å². The molecule has 0 aliphatic heterocycles. The highest BCUT2D eigenvalue weighted by Gasteiger charge is 2.51. The molecule has 5 rings (SSSR count). The van der Waals surface area contributed by atoms with Crippen molar-refractivity contribution in [3.8, 4) is 0 Å². The monoisotopic (exact) mass is 400 g/mol. The molecule has 0 radical (unpaired) electrons. The number of urea groups is 1. The van der Waals surface area contributed by atoms with Crippen LogP contribution in [0.4, 0.5) is 10.5 Å². The number of amides is 2. The summed E-state index contributed by atoms with van der Waals surface area (Å²) in [6.07, 6.45) is 8.94. The second kappa shape index (κ2) is 6.12. The predicted molar refractivity (Wildman–Crippen MR) is 105 cm³/mol. The number of carbonyl (C=O) groups excluding carboxylic acids is 1. The molecule has 1 saturated carbocycles. The van der Waals surface area contributed by atoms with Crippen LogP contribution in [0.5, 0.6) is 0 Å². The van der Waals surface area contributed by atoms with Crippen LogP contribution < -0.4 is 10.5 Å². The highest BCUT2D eigenvalue weighted by atomic mass is 32.2. The van der Waals surface area contributed by atoms with Gasteiger partial charge in [0.2, 0.25) is 0 Å². The van der Waals surface area contributed by atoms with Crippen molar-refractivity contribution in [2.24, 2.45) is 9.50 Å². The first-order valence-electron chi connectivity index (χ1n) is 9.86. The standard InChI is InChI=1S/C19H24N6O2S/c1-2-25-11-7-15(23-25)28(20,27)24-18(26)22-16-12-4-3-5-14(12)21-17-13(16)6-8-19(17)9-10-19/h7,11H,2-6,8-10H2,1H3,(H3,20,21,22,24,26,27)/t28-/m1/s1. The van der Waals surface area contributed by atoms with Gasteiger partial charge in [-0.05, 0) is 69.1 Å². The van der Waals surface area contributed by atoms with Crippen molar-refractivity contribution in [2.45, 2.75) is 68.9 Å². The molecule has 1 spiro atoms. The summed E-state index contributed by atoms with van der Waals surface area (Å²) in [5.41, 5.74) is 5.58. The summed E-state index contributed by atoms with van der Waals surface area (Å²) < 4.78 is 18.1. The Kier molecular flexibility index (Phi) is 3.89. The maximum absolute atomic E-state index is 12.8. The maximum Gasteiger partial charge on any atom is 0.354 e. The second-order valence-corrected chi connectivity index (χ2v) is 9.71. The normalized spacial score (nSPS) is 20.5. The van der Waals surface area contributed by atoms with E-state index in [4.69, 9.17) is 10.1 Å². The van der Waals surface area contributed by atoms with Gasteiger partial charge in [0.25, 0.3) is 0 Å². The van der Waals surface area contributed by atoms with E-state index >= 15 is 0 Å². The third-order valence-electron chi connectivity index (χ3n) is 6.22. The van der Waals surface area contributed by atoms with Gasteiger partial charge in [-0.2, -0.15) is 5.10 Å². The summed E-state index contributed by atoms with van der Waals surface area (Å²) in [5.74, 6) is 0. The number of hydrogen-bond acceptors (Lipinski definition) is 4. The number of rotatable bonds is 3. The first kappa shape index (κ1) is 17.8. The van der Waals surface area contributed by atoms with Gasteiger partial charge in [-0.1, -0.05) is 0 Å². The summed E-state index contributed by atoms with van der Waals surface area (Å²) in [5, 5.41) is 13.0. The van der Waals surface area contributed by atoms with Crippen LogP contribution in [0.1, 0.15) is 55.1 Å². The van der Waals surface area contributed by atoms with E-state index in [2.05, 4.69) is 14.8 Å². The average Bonchev–Trinajstić information content (AvgIpc) is 3.04. The van der Waals surface area contributed by atoms with Gasteiger partial charge >= 0.3 is 6.03 Å². The van der Waals surface area contributed by atoms with E-state index in [-0.39, 0.29) is 10.4 Å². The fraction of sp³-hybridized carbons (Fsp3) is 0.526. The van der Waals surface area contributed by atoms with Crippen LogP contribution in [-0.2, 0) is 41.1 Å². The lowest BCUT2D eigenvalue weighted by Gasteiger charge is -2.16. The van der Waals surface area contributed by atoms with Crippen molar-refractivity contribution in [3.63, 3.8) is 0 Å².